The molecule has 3 N–H and O–H groups in total. The van der Waals surface area contributed by atoms with E-state index in [9.17, 15) is 9.59 Å². The Morgan fingerprint density at radius 1 is 1.26 bits per heavy atom. The molecule has 1 aromatic carbocycles. The molecule has 4 nitrogen and oxygen atoms in total. The molecule has 1 fully saturated rings. The van der Waals surface area contributed by atoms with Crippen LogP contribution in [0.5, 0.6) is 0 Å². The van der Waals surface area contributed by atoms with Gasteiger partial charge in [-0.15, -0.1) is 0 Å². The quantitative estimate of drug-likeness (QED) is 0.840. The topological polar surface area (TPSA) is 72.2 Å². The molecule has 0 saturated heterocycles. The molecule has 1 aliphatic carbocycles. The number of carbonyl (C=O) groups excluding carboxylic acids is 2. The van der Waals surface area contributed by atoms with Gasteiger partial charge in [-0.05, 0) is 23.8 Å². The number of nitrogens with two attached hydrogens (primary N) is 1. The fraction of sp³-hybridized carbons (Fsp3) is 0.467. The lowest BCUT2D eigenvalue weighted by Crippen LogP contribution is -2.48. The Labute approximate surface area is 113 Å². The van der Waals surface area contributed by atoms with Crippen molar-refractivity contribution in [3.05, 3.63) is 35.9 Å². The second kappa shape index (κ2) is 5.43. The van der Waals surface area contributed by atoms with E-state index in [0.717, 1.165) is 6.42 Å². The first-order valence-corrected chi connectivity index (χ1v) is 6.65. The molecule has 102 valence electrons. The molecule has 3 atom stereocenters. The molecular weight excluding hydrogens is 240 g/mol. The van der Waals surface area contributed by atoms with Gasteiger partial charge in [0.1, 0.15) is 6.04 Å². The maximum atomic E-state index is 12.1. The first-order valence-electron chi connectivity index (χ1n) is 6.65. The number of nitrogens with one attached hydrogen (secondary N) is 1. The highest BCUT2D eigenvalue weighted by Crippen LogP contribution is 2.47. The second-order valence-electron chi connectivity index (χ2n) is 5.49. The van der Waals surface area contributed by atoms with E-state index in [1.807, 2.05) is 44.2 Å². The largest absolute Gasteiger partial charge is 0.368 e. The summed E-state index contributed by atoms with van der Waals surface area (Å²) in [6.45, 7) is 3.74. The van der Waals surface area contributed by atoms with E-state index >= 15 is 0 Å². The Morgan fingerprint density at radius 2 is 1.89 bits per heavy atom. The number of hydrogen-bond acceptors (Lipinski definition) is 2. The van der Waals surface area contributed by atoms with Crippen LogP contribution in [0.2, 0.25) is 0 Å². The predicted octanol–water partition coefficient (Wildman–Crippen LogP) is 1.42. The summed E-state index contributed by atoms with van der Waals surface area (Å²) in [4.78, 5) is 23.4. The zero-order valence-corrected chi connectivity index (χ0v) is 11.3. The van der Waals surface area contributed by atoms with E-state index in [-0.39, 0.29) is 23.7 Å². The Hall–Kier alpha value is -1.84. The fourth-order valence-electron chi connectivity index (χ4n) is 2.38. The number of carbonyl (C=O) groups is 2. The molecule has 0 bridgehead atoms. The lowest BCUT2D eigenvalue weighted by atomic mass is 10.0. The van der Waals surface area contributed by atoms with E-state index in [4.69, 9.17) is 5.73 Å². The number of amides is 2. The van der Waals surface area contributed by atoms with Crippen molar-refractivity contribution < 1.29 is 9.59 Å². The lowest BCUT2D eigenvalue weighted by molar-refractivity contribution is -0.129. The van der Waals surface area contributed by atoms with E-state index in [0.29, 0.717) is 0 Å². The van der Waals surface area contributed by atoms with Crippen LogP contribution in [0.3, 0.4) is 0 Å². The SMILES string of the molecule is CC(C)[C@H](NC(=O)[C@@H]1C[C@@H]1c1ccccc1)C(N)=O. The summed E-state index contributed by atoms with van der Waals surface area (Å²) in [7, 11) is 0. The van der Waals surface area contributed by atoms with Gasteiger partial charge in [0.05, 0.1) is 0 Å². The molecule has 1 aromatic rings. The molecule has 0 radical (unpaired) electrons. The number of hydrogen-bond donors (Lipinski definition) is 2. The normalized spacial score (nSPS) is 22.9. The highest BCUT2D eigenvalue weighted by Gasteiger charge is 2.44. The van der Waals surface area contributed by atoms with Crippen molar-refractivity contribution >= 4 is 11.8 Å². The molecule has 0 spiro atoms. The summed E-state index contributed by atoms with van der Waals surface area (Å²) >= 11 is 0. The summed E-state index contributed by atoms with van der Waals surface area (Å²) in [5, 5.41) is 2.76. The molecular formula is C15H20N2O2. The minimum absolute atomic E-state index is 0.00961. The van der Waals surface area contributed by atoms with E-state index in [2.05, 4.69) is 5.32 Å². The number of rotatable bonds is 5. The number of benzene rings is 1. The van der Waals surface area contributed by atoms with Crippen LogP contribution in [0, 0.1) is 11.8 Å². The molecule has 1 aliphatic rings. The van der Waals surface area contributed by atoms with Crippen molar-refractivity contribution in [3.8, 4) is 0 Å². The summed E-state index contributed by atoms with van der Waals surface area (Å²) < 4.78 is 0. The fourth-order valence-corrected chi connectivity index (χ4v) is 2.38. The minimum Gasteiger partial charge on any atom is -0.368 e. The molecule has 0 heterocycles. The third kappa shape index (κ3) is 3.13. The van der Waals surface area contributed by atoms with E-state index < -0.39 is 11.9 Å². The van der Waals surface area contributed by atoms with Gasteiger partial charge in [0.15, 0.2) is 0 Å². The van der Waals surface area contributed by atoms with Gasteiger partial charge in [-0.2, -0.15) is 0 Å². The summed E-state index contributed by atoms with van der Waals surface area (Å²) in [6, 6.07) is 9.40. The first kappa shape index (κ1) is 13.6. The van der Waals surface area contributed by atoms with E-state index in [1.165, 1.54) is 5.56 Å². The standard InChI is InChI=1S/C15H20N2O2/c1-9(2)13(14(16)18)17-15(19)12-8-11(12)10-6-4-3-5-7-10/h3-7,9,11-13H,8H2,1-2H3,(H2,16,18)(H,17,19)/t11-,12-,13+/m1/s1. The molecule has 0 unspecified atom stereocenters. The second-order valence-corrected chi connectivity index (χ2v) is 5.49. The molecule has 0 aromatic heterocycles. The summed E-state index contributed by atoms with van der Waals surface area (Å²) in [6.07, 6.45) is 0.847. The maximum absolute atomic E-state index is 12.1. The molecule has 19 heavy (non-hydrogen) atoms. The monoisotopic (exact) mass is 260 g/mol. The summed E-state index contributed by atoms with van der Waals surface area (Å²) in [5.74, 6) is -0.271. The van der Waals surface area contributed by atoms with Crippen molar-refractivity contribution in [2.24, 2.45) is 17.6 Å². The van der Waals surface area contributed by atoms with Crippen LogP contribution in [-0.4, -0.2) is 17.9 Å². The Balaban J connectivity index is 1.94. The van der Waals surface area contributed by atoms with Crippen molar-refractivity contribution in [2.75, 3.05) is 0 Å². The van der Waals surface area contributed by atoms with Crippen LogP contribution in [-0.2, 0) is 9.59 Å². The van der Waals surface area contributed by atoms with Crippen molar-refractivity contribution in [1.82, 2.24) is 5.32 Å². The summed E-state index contributed by atoms with van der Waals surface area (Å²) in [5.41, 5.74) is 6.48. The molecule has 1 saturated carbocycles. The van der Waals surface area contributed by atoms with Gasteiger partial charge in [-0.1, -0.05) is 44.2 Å². The smallest absolute Gasteiger partial charge is 0.240 e. The lowest BCUT2D eigenvalue weighted by Gasteiger charge is -2.18. The van der Waals surface area contributed by atoms with Gasteiger partial charge in [0, 0.05) is 5.92 Å². The Kier molecular flexibility index (Phi) is 3.88. The van der Waals surface area contributed by atoms with Crippen LogP contribution in [0.1, 0.15) is 31.7 Å². The predicted molar refractivity (Wildman–Crippen MR) is 73.3 cm³/mol. The van der Waals surface area contributed by atoms with E-state index in [1.54, 1.807) is 0 Å². The van der Waals surface area contributed by atoms with Crippen molar-refractivity contribution in [1.29, 1.82) is 0 Å². The maximum Gasteiger partial charge on any atom is 0.240 e. The van der Waals surface area contributed by atoms with Gasteiger partial charge < -0.3 is 11.1 Å². The molecule has 4 heteroatoms. The third-order valence-corrected chi connectivity index (χ3v) is 3.63. The molecule has 2 amide bonds. The van der Waals surface area contributed by atoms with Crippen LogP contribution in [0.15, 0.2) is 30.3 Å². The number of primary amides is 1. The Morgan fingerprint density at radius 3 is 2.42 bits per heavy atom. The Bertz CT molecular complexity index is 470. The van der Waals surface area contributed by atoms with Crippen LogP contribution in [0.25, 0.3) is 0 Å². The molecule has 0 aliphatic heterocycles. The van der Waals surface area contributed by atoms with Crippen molar-refractivity contribution in [3.63, 3.8) is 0 Å². The van der Waals surface area contributed by atoms with Crippen molar-refractivity contribution in [2.45, 2.75) is 32.2 Å². The average molecular weight is 260 g/mol. The van der Waals surface area contributed by atoms with Gasteiger partial charge in [-0.25, -0.2) is 0 Å². The van der Waals surface area contributed by atoms with Crippen LogP contribution >= 0.6 is 0 Å². The highest BCUT2D eigenvalue weighted by molar-refractivity contribution is 5.89. The van der Waals surface area contributed by atoms with Crippen LogP contribution < -0.4 is 11.1 Å². The highest BCUT2D eigenvalue weighted by atomic mass is 16.2. The first-order chi connectivity index (χ1) is 9.00. The minimum atomic E-state index is -0.579. The van der Waals surface area contributed by atoms with Gasteiger partial charge in [-0.3, -0.25) is 9.59 Å². The third-order valence-electron chi connectivity index (χ3n) is 3.63. The van der Waals surface area contributed by atoms with Crippen LogP contribution in [0.4, 0.5) is 0 Å². The average Bonchev–Trinajstić information content (AvgIpc) is 3.16. The molecule has 2 rings (SSSR count). The zero-order valence-electron chi connectivity index (χ0n) is 11.3. The van der Waals surface area contributed by atoms with Gasteiger partial charge in [0.25, 0.3) is 0 Å². The van der Waals surface area contributed by atoms with Gasteiger partial charge >= 0.3 is 0 Å². The van der Waals surface area contributed by atoms with Gasteiger partial charge in [0.2, 0.25) is 11.8 Å². The zero-order chi connectivity index (χ0) is 14.0.